The van der Waals surface area contributed by atoms with Crippen LogP contribution in [0.15, 0.2) is 36.4 Å². The van der Waals surface area contributed by atoms with Crippen LogP contribution in [-0.4, -0.2) is 13.0 Å². The van der Waals surface area contributed by atoms with Gasteiger partial charge in [-0.2, -0.15) is 0 Å². The molecule has 0 aliphatic heterocycles. The van der Waals surface area contributed by atoms with E-state index in [4.69, 9.17) is 22.1 Å². The Morgan fingerprint density at radius 1 is 1.25 bits per heavy atom. The number of halogens is 1. The van der Waals surface area contributed by atoms with E-state index in [2.05, 4.69) is 5.32 Å². The van der Waals surface area contributed by atoms with Crippen LogP contribution in [0.1, 0.15) is 15.9 Å². The van der Waals surface area contributed by atoms with Crippen LogP contribution in [-0.2, 0) is 0 Å². The molecular formula is C15H15ClN2O2. The van der Waals surface area contributed by atoms with Crippen LogP contribution < -0.4 is 15.8 Å². The maximum atomic E-state index is 12.3. The minimum absolute atomic E-state index is 0.292. The van der Waals surface area contributed by atoms with E-state index in [9.17, 15) is 4.79 Å². The number of benzene rings is 2. The molecule has 104 valence electrons. The van der Waals surface area contributed by atoms with Gasteiger partial charge in [-0.15, -0.1) is 0 Å². The maximum absolute atomic E-state index is 12.3. The zero-order valence-corrected chi connectivity index (χ0v) is 12.0. The van der Waals surface area contributed by atoms with E-state index in [1.165, 1.54) is 7.11 Å². The first kappa shape index (κ1) is 14.2. The van der Waals surface area contributed by atoms with Crippen molar-refractivity contribution in [3.63, 3.8) is 0 Å². The monoisotopic (exact) mass is 290 g/mol. The number of amides is 1. The Morgan fingerprint density at radius 3 is 2.70 bits per heavy atom. The van der Waals surface area contributed by atoms with Crippen molar-refractivity contribution in [3.05, 3.63) is 52.5 Å². The highest BCUT2D eigenvalue weighted by molar-refractivity contribution is 6.31. The molecule has 5 heteroatoms. The quantitative estimate of drug-likeness (QED) is 0.851. The molecule has 0 radical (unpaired) electrons. The number of anilines is 2. The van der Waals surface area contributed by atoms with Crippen molar-refractivity contribution in [2.75, 3.05) is 18.2 Å². The third kappa shape index (κ3) is 3.03. The number of hydrogen-bond acceptors (Lipinski definition) is 3. The van der Waals surface area contributed by atoms with E-state index < -0.39 is 0 Å². The van der Waals surface area contributed by atoms with Gasteiger partial charge in [-0.1, -0.05) is 23.2 Å². The Labute approximate surface area is 122 Å². The molecule has 1 amide bonds. The Morgan fingerprint density at radius 2 is 2.00 bits per heavy atom. The van der Waals surface area contributed by atoms with Gasteiger partial charge in [0, 0.05) is 5.02 Å². The van der Waals surface area contributed by atoms with Crippen molar-refractivity contribution in [1.29, 1.82) is 0 Å². The predicted octanol–water partition coefficient (Wildman–Crippen LogP) is 3.49. The number of aryl methyl sites for hydroxylation is 1. The molecule has 0 atom stereocenters. The minimum Gasteiger partial charge on any atom is -0.496 e. The zero-order chi connectivity index (χ0) is 14.7. The number of carbonyl (C=O) groups is 1. The third-order valence-electron chi connectivity index (χ3n) is 2.86. The molecule has 0 bridgehead atoms. The molecule has 4 nitrogen and oxygen atoms in total. The minimum atomic E-state index is -0.292. The average Bonchev–Trinajstić information content (AvgIpc) is 2.42. The molecule has 0 heterocycles. The van der Waals surface area contributed by atoms with E-state index in [0.29, 0.717) is 27.7 Å². The van der Waals surface area contributed by atoms with Crippen LogP contribution in [0.25, 0.3) is 0 Å². The summed E-state index contributed by atoms with van der Waals surface area (Å²) in [6.07, 6.45) is 0. The van der Waals surface area contributed by atoms with E-state index in [1.807, 2.05) is 13.0 Å². The fourth-order valence-electron chi connectivity index (χ4n) is 1.83. The molecule has 2 aromatic rings. The summed E-state index contributed by atoms with van der Waals surface area (Å²) in [7, 11) is 1.52. The van der Waals surface area contributed by atoms with Crippen LogP contribution in [0, 0.1) is 6.92 Å². The van der Waals surface area contributed by atoms with Crippen LogP contribution in [0.5, 0.6) is 5.75 Å². The number of rotatable bonds is 3. The lowest BCUT2D eigenvalue weighted by atomic mass is 10.1. The Balaban J connectivity index is 2.32. The topological polar surface area (TPSA) is 64.3 Å². The van der Waals surface area contributed by atoms with Crippen molar-refractivity contribution in [2.45, 2.75) is 6.92 Å². The molecule has 3 N–H and O–H groups in total. The lowest BCUT2D eigenvalue weighted by molar-refractivity contribution is 0.102. The van der Waals surface area contributed by atoms with Gasteiger partial charge in [-0.25, -0.2) is 0 Å². The Hall–Kier alpha value is -2.20. The van der Waals surface area contributed by atoms with Crippen molar-refractivity contribution in [2.24, 2.45) is 0 Å². The van der Waals surface area contributed by atoms with E-state index in [1.54, 1.807) is 30.3 Å². The number of ether oxygens (including phenoxy) is 1. The standard InChI is InChI=1S/C15H15ClN2O2/c1-9-3-6-14(20-2)11(7-9)15(19)18-13-8-10(16)4-5-12(13)17/h3-8H,17H2,1-2H3,(H,18,19). The first-order valence-electron chi connectivity index (χ1n) is 6.02. The van der Waals surface area contributed by atoms with Gasteiger partial charge < -0.3 is 15.8 Å². The molecule has 2 rings (SSSR count). The van der Waals surface area contributed by atoms with Gasteiger partial charge in [0.2, 0.25) is 0 Å². The molecule has 0 spiro atoms. The van der Waals surface area contributed by atoms with Gasteiger partial charge in [-0.3, -0.25) is 4.79 Å². The van der Waals surface area contributed by atoms with Crippen LogP contribution >= 0.6 is 11.6 Å². The van der Waals surface area contributed by atoms with Gasteiger partial charge >= 0.3 is 0 Å². The van der Waals surface area contributed by atoms with Gasteiger partial charge in [0.15, 0.2) is 0 Å². The highest BCUT2D eigenvalue weighted by Crippen LogP contribution is 2.25. The summed E-state index contributed by atoms with van der Waals surface area (Å²) in [6.45, 7) is 1.91. The van der Waals surface area contributed by atoms with Crippen molar-refractivity contribution in [1.82, 2.24) is 0 Å². The lowest BCUT2D eigenvalue weighted by Gasteiger charge is -2.12. The molecule has 2 aromatic carbocycles. The number of nitrogen functional groups attached to an aromatic ring is 1. The maximum Gasteiger partial charge on any atom is 0.259 e. The second-order valence-electron chi connectivity index (χ2n) is 4.39. The molecule has 0 fully saturated rings. The average molecular weight is 291 g/mol. The fraction of sp³-hybridized carbons (Fsp3) is 0.133. The van der Waals surface area contributed by atoms with Crippen molar-refractivity contribution >= 4 is 28.9 Å². The van der Waals surface area contributed by atoms with E-state index in [-0.39, 0.29) is 5.91 Å². The first-order chi connectivity index (χ1) is 9.51. The molecule has 0 saturated heterocycles. The van der Waals surface area contributed by atoms with E-state index in [0.717, 1.165) is 5.56 Å². The second-order valence-corrected chi connectivity index (χ2v) is 4.83. The molecule has 0 aliphatic carbocycles. The van der Waals surface area contributed by atoms with Gasteiger partial charge in [0.1, 0.15) is 5.75 Å². The largest absolute Gasteiger partial charge is 0.496 e. The predicted molar refractivity (Wildman–Crippen MR) is 81.5 cm³/mol. The number of carbonyl (C=O) groups excluding carboxylic acids is 1. The zero-order valence-electron chi connectivity index (χ0n) is 11.2. The van der Waals surface area contributed by atoms with E-state index >= 15 is 0 Å². The Kier molecular flexibility index (Phi) is 4.15. The lowest BCUT2D eigenvalue weighted by Crippen LogP contribution is -2.14. The van der Waals surface area contributed by atoms with Gasteiger partial charge in [-0.05, 0) is 37.3 Å². The number of nitrogens with one attached hydrogen (secondary N) is 1. The van der Waals surface area contributed by atoms with Gasteiger partial charge in [0.05, 0.1) is 24.0 Å². The molecule has 0 aromatic heterocycles. The smallest absolute Gasteiger partial charge is 0.259 e. The fourth-order valence-corrected chi connectivity index (χ4v) is 2.00. The summed E-state index contributed by atoms with van der Waals surface area (Å²) in [4.78, 5) is 12.3. The van der Waals surface area contributed by atoms with Crippen LogP contribution in [0.2, 0.25) is 5.02 Å². The molecule has 0 aliphatic rings. The van der Waals surface area contributed by atoms with Crippen LogP contribution in [0.4, 0.5) is 11.4 Å². The number of nitrogens with two attached hydrogens (primary N) is 1. The molecular weight excluding hydrogens is 276 g/mol. The molecule has 0 saturated carbocycles. The summed E-state index contributed by atoms with van der Waals surface area (Å²) < 4.78 is 5.19. The Bertz CT molecular complexity index is 656. The second kappa shape index (κ2) is 5.84. The molecule has 0 unspecified atom stereocenters. The summed E-state index contributed by atoms with van der Waals surface area (Å²) in [6, 6.07) is 10.3. The van der Waals surface area contributed by atoms with Crippen molar-refractivity contribution < 1.29 is 9.53 Å². The SMILES string of the molecule is COc1ccc(C)cc1C(=O)Nc1cc(Cl)ccc1N. The van der Waals surface area contributed by atoms with Crippen molar-refractivity contribution in [3.8, 4) is 5.75 Å². The number of methoxy groups -OCH3 is 1. The summed E-state index contributed by atoms with van der Waals surface area (Å²) in [5.41, 5.74) is 8.16. The summed E-state index contributed by atoms with van der Waals surface area (Å²) in [5.74, 6) is 0.216. The summed E-state index contributed by atoms with van der Waals surface area (Å²) in [5, 5.41) is 3.25. The first-order valence-corrected chi connectivity index (χ1v) is 6.40. The normalized spacial score (nSPS) is 10.2. The highest BCUT2D eigenvalue weighted by Gasteiger charge is 2.14. The van der Waals surface area contributed by atoms with Gasteiger partial charge in [0.25, 0.3) is 5.91 Å². The highest BCUT2D eigenvalue weighted by atomic mass is 35.5. The third-order valence-corrected chi connectivity index (χ3v) is 3.10. The number of hydrogen-bond donors (Lipinski definition) is 2. The molecule has 20 heavy (non-hydrogen) atoms. The summed E-state index contributed by atoms with van der Waals surface area (Å²) >= 11 is 5.90. The van der Waals surface area contributed by atoms with Crippen LogP contribution in [0.3, 0.4) is 0 Å².